The number of benzene rings is 1. The van der Waals surface area contributed by atoms with Crippen molar-refractivity contribution in [2.45, 2.75) is 44.4 Å². The molecule has 194 valence electrons. The Kier molecular flexibility index (Phi) is 7.28. The number of ether oxygens (including phenoxy) is 1. The van der Waals surface area contributed by atoms with Crippen molar-refractivity contribution < 1.29 is 22.7 Å². The molecule has 6 nitrogen and oxygen atoms in total. The van der Waals surface area contributed by atoms with Crippen LogP contribution in [0.2, 0.25) is 5.02 Å². The summed E-state index contributed by atoms with van der Waals surface area (Å²) in [5, 5.41) is 0.540. The van der Waals surface area contributed by atoms with Gasteiger partial charge in [0.15, 0.2) is 0 Å². The summed E-state index contributed by atoms with van der Waals surface area (Å²) < 4.78 is 46.9. The van der Waals surface area contributed by atoms with E-state index >= 15 is 0 Å². The number of aromatic nitrogens is 2. The Balaban J connectivity index is 1.02. The third-order valence-electron chi connectivity index (χ3n) is 7.66. The summed E-state index contributed by atoms with van der Waals surface area (Å²) in [6.45, 7) is 1.82. The van der Waals surface area contributed by atoms with Crippen LogP contribution in [-0.2, 0) is 11.2 Å². The normalized spacial score (nSPS) is 23.7. The van der Waals surface area contributed by atoms with Crippen molar-refractivity contribution in [1.82, 2.24) is 14.9 Å². The highest BCUT2D eigenvalue weighted by molar-refractivity contribution is 6.30. The fourth-order valence-electron chi connectivity index (χ4n) is 5.49. The van der Waals surface area contributed by atoms with Crippen molar-refractivity contribution in [2.24, 2.45) is 17.8 Å². The van der Waals surface area contributed by atoms with E-state index in [4.69, 9.17) is 16.3 Å². The zero-order chi connectivity index (χ0) is 25.3. The maximum absolute atomic E-state index is 14.5. The highest BCUT2D eigenvalue weighted by atomic mass is 35.5. The summed E-state index contributed by atoms with van der Waals surface area (Å²) >= 11 is 5.88. The van der Waals surface area contributed by atoms with Crippen molar-refractivity contribution in [3.05, 3.63) is 47.0 Å². The first kappa shape index (κ1) is 25.1. The van der Waals surface area contributed by atoms with Crippen LogP contribution in [0.3, 0.4) is 0 Å². The molecule has 1 saturated carbocycles. The van der Waals surface area contributed by atoms with Gasteiger partial charge in [-0.3, -0.25) is 4.79 Å². The van der Waals surface area contributed by atoms with Crippen LogP contribution in [0.15, 0.2) is 30.6 Å². The number of amides is 1. The van der Waals surface area contributed by atoms with Gasteiger partial charge in [0.05, 0.1) is 37.0 Å². The van der Waals surface area contributed by atoms with Gasteiger partial charge in [-0.2, -0.15) is 0 Å². The van der Waals surface area contributed by atoms with Crippen LogP contribution in [0.5, 0.6) is 5.75 Å². The van der Waals surface area contributed by atoms with Gasteiger partial charge in [-0.05, 0) is 55.1 Å². The van der Waals surface area contributed by atoms with Gasteiger partial charge in [0.25, 0.3) is 5.92 Å². The minimum absolute atomic E-state index is 0.00663. The molecule has 3 fully saturated rings. The summed E-state index contributed by atoms with van der Waals surface area (Å²) in [6.07, 6.45) is 7.06. The number of likely N-dealkylation sites (tertiary alicyclic amines) is 1. The Morgan fingerprint density at radius 2 is 1.92 bits per heavy atom. The zero-order valence-electron chi connectivity index (χ0n) is 20.0. The second kappa shape index (κ2) is 10.4. The monoisotopic (exact) mass is 522 g/mol. The van der Waals surface area contributed by atoms with Gasteiger partial charge in [0.1, 0.15) is 11.6 Å². The lowest BCUT2D eigenvalue weighted by atomic mass is 9.90. The number of carbonyl (C=O) groups is 1. The molecule has 5 rings (SSSR count). The molecule has 1 aromatic heterocycles. The van der Waals surface area contributed by atoms with Gasteiger partial charge in [-0.15, -0.1) is 0 Å². The lowest BCUT2D eigenvalue weighted by Gasteiger charge is -2.32. The van der Waals surface area contributed by atoms with E-state index < -0.39 is 24.2 Å². The molecular formula is C26H30ClF3N4O2. The number of halogens is 4. The Bertz CT molecular complexity index is 1080. The SMILES string of the molecule is O=C(Cc1ccc(OCC[C@@H]2C[C@@H]2C2CCN(c3ncc(Cl)cn3)CC2)cc1F)N1CCC(F)(F)C1. The third kappa shape index (κ3) is 6.05. The molecule has 0 spiro atoms. The minimum Gasteiger partial charge on any atom is -0.493 e. The average Bonchev–Trinajstić information content (AvgIpc) is 3.54. The van der Waals surface area contributed by atoms with Crippen LogP contribution in [0.1, 0.15) is 37.7 Å². The highest BCUT2D eigenvalue weighted by Crippen LogP contribution is 2.49. The van der Waals surface area contributed by atoms with Gasteiger partial charge in [0.2, 0.25) is 11.9 Å². The molecular weight excluding hydrogens is 493 g/mol. The van der Waals surface area contributed by atoms with Crippen LogP contribution in [0, 0.1) is 23.6 Å². The predicted molar refractivity (Wildman–Crippen MR) is 130 cm³/mol. The molecule has 1 amide bonds. The van der Waals surface area contributed by atoms with Crippen LogP contribution in [-0.4, -0.2) is 59.5 Å². The highest BCUT2D eigenvalue weighted by Gasteiger charge is 2.43. The summed E-state index contributed by atoms with van der Waals surface area (Å²) in [7, 11) is 0. The van der Waals surface area contributed by atoms with Crippen LogP contribution >= 0.6 is 11.6 Å². The van der Waals surface area contributed by atoms with E-state index in [1.165, 1.54) is 18.6 Å². The minimum atomic E-state index is -2.85. The molecule has 0 radical (unpaired) electrons. The first-order chi connectivity index (χ1) is 17.3. The molecule has 3 heterocycles. The molecule has 0 N–H and O–H groups in total. The lowest BCUT2D eigenvalue weighted by Crippen LogP contribution is -2.35. The maximum atomic E-state index is 14.5. The Morgan fingerprint density at radius 1 is 1.17 bits per heavy atom. The fraction of sp³-hybridized carbons (Fsp3) is 0.577. The molecule has 3 aliphatic rings. The van der Waals surface area contributed by atoms with Crippen molar-refractivity contribution >= 4 is 23.5 Å². The summed E-state index contributed by atoms with van der Waals surface area (Å²) in [5.74, 6) is -0.680. The number of hydrogen-bond acceptors (Lipinski definition) is 5. The van der Waals surface area contributed by atoms with E-state index in [1.54, 1.807) is 18.5 Å². The van der Waals surface area contributed by atoms with Gasteiger partial charge < -0.3 is 14.5 Å². The number of rotatable bonds is 8. The topological polar surface area (TPSA) is 58.6 Å². The van der Waals surface area contributed by atoms with Crippen LogP contribution in [0.4, 0.5) is 19.1 Å². The Morgan fingerprint density at radius 3 is 2.58 bits per heavy atom. The molecule has 0 bridgehead atoms. The van der Waals surface area contributed by atoms with Gasteiger partial charge in [-0.1, -0.05) is 17.7 Å². The lowest BCUT2D eigenvalue weighted by molar-refractivity contribution is -0.130. The second-order valence-electron chi connectivity index (χ2n) is 10.2. The van der Waals surface area contributed by atoms with Gasteiger partial charge in [0, 0.05) is 32.1 Å². The van der Waals surface area contributed by atoms with Crippen LogP contribution in [0.25, 0.3) is 0 Å². The van der Waals surface area contributed by atoms with Crippen molar-refractivity contribution in [2.75, 3.05) is 37.7 Å². The average molecular weight is 523 g/mol. The number of anilines is 1. The Labute approximate surface area is 213 Å². The number of nitrogens with zero attached hydrogens (tertiary/aromatic N) is 4. The largest absolute Gasteiger partial charge is 0.493 e. The maximum Gasteiger partial charge on any atom is 0.267 e. The van der Waals surface area contributed by atoms with E-state index in [-0.39, 0.29) is 24.9 Å². The van der Waals surface area contributed by atoms with E-state index in [0.717, 1.165) is 43.2 Å². The fourth-order valence-corrected chi connectivity index (χ4v) is 5.59. The van der Waals surface area contributed by atoms with Gasteiger partial charge in [-0.25, -0.2) is 23.1 Å². The van der Waals surface area contributed by atoms with Crippen molar-refractivity contribution in [3.63, 3.8) is 0 Å². The van der Waals surface area contributed by atoms with E-state index in [0.29, 0.717) is 35.1 Å². The molecule has 2 aliphatic heterocycles. The number of alkyl halides is 2. The second-order valence-corrected chi connectivity index (χ2v) is 10.6. The number of carbonyl (C=O) groups excluding carboxylic acids is 1. The summed E-state index contributed by atoms with van der Waals surface area (Å²) in [5.41, 5.74) is 0.195. The van der Waals surface area contributed by atoms with Crippen LogP contribution < -0.4 is 9.64 Å². The van der Waals surface area contributed by atoms with E-state index in [9.17, 15) is 18.0 Å². The van der Waals surface area contributed by atoms with E-state index in [1.807, 2.05) is 0 Å². The van der Waals surface area contributed by atoms with Gasteiger partial charge >= 0.3 is 0 Å². The molecule has 1 aliphatic carbocycles. The summed E-state index contributed by atoms with van der Waals surface area (Å²) in [4.78, 5) is 24.2. The van der Waals surface area contributed by atoms with E-state index in [2.05, 4.69) is 14.9 Å². The first-order valence-corrected chi connectivity index (χ1v) is 12.9. The Hall–Kier alpha value is -2.55. The third-order valence-corrected chi connectivity index (χ3v) is 7.85. The number of hydrogen-bond donors (Lipinski definition) is 0. The quantitative estimate of drug-likeness (QED) is 0.488. The smallest absolute Gasteiger partial charge is 0.267 e. The molecule has 36 heavy (non-hydrogen) atoms. The molecule has 1 aromatic carbocycles. The molecule has 0 unspecified atom stereocenters. The van der Waals surface area contributed by atoms with Crippen molar-refractivity contribution in [3.8, 4) is 5.75 Å². The molecule has 10 heteroatoms. The standard InChI is InChI=1S/C26H30ClF3N4O2/c27-20-14-31-25(32-15-20)33-7-3-17(4-8-33)22-11-18(22)5-10-36-21-2-1-19(23(28)13-21)12-24(35)34-9-6-26(29,30)16-34/h1-2,13-15,17-18,22H,3-12,16H2/t18-,22-/m1/s1. The number of piperidine rings is 1. The predicted octanol–water partition coefficient (Wildman–Crippen LogP) is 5.00. The molecule has 2 aromatic rings. The molecule has 2 saturated heterocycles. The molecule has 2 atom stereocenters. The van der Waals surface area contributed by atoms with Crippen molar-refractivity contribution in [1.29, 1.82) is 0 Å². The summed E-state index contributed by atoms with van der Waals surface area (Å²) in [6, 6.07) is 4.43. The zero-order valence-corrected chi connectivity index (χ0v) is 20.8. The first-order valence-electron chi connectivity index (χ1n) is 12.6.